The molecule has 4 aromatic rings. The van der Waals surface area contributed by atoms with Crippen LogP contribution in [0.2, 0.25) is 0 Å². The van der Waals surface area contributed by atoms with Crippen LogP contribution in [0.1, 0.15) is 25.6 Å². The molecule has 7 heteroatoms. The maximum absolute atomic E-state index is 12.9. The van der Waals surface area contributed by atoms with E-state index in [2.05, 4.69) is 10.6 Å². The first-order valence-corrected chi connectivity index (χ1v) is 10.8. The summed E-state index contributed by atoms with van der Waals surface area (Å²) in [6, 6.07) is 24.0. The van der Waals surface area contributed by atoms with Crippen molar-refractivity contribution in [2.75, 3.05) is 5.32 Å². The van der Waals surface area contributed by atoms with Gasteiger partial charge in [-0.3, -0.25) is 9.59 Å². The molecular weight excluding hydrogens is 424 g/mol. The van der Waals surface area contributed by atoms with Gasteiger partial charge in [-0.2, -0.15) is 0 Å². The molecule has 0 aliphatic rings. The Kier molecular flexibility index (Phi) is 6.28. The number of para-hydroxylation sites is 1. The molecule has 160 valence electrons. The van der Waals surface area contributed by atoms with Crippen molar-refractivity contribution in [3.05, 3.63) is 101 Å². The van der Waals surface area contributed by atoms with Crippen LogP contribution in [-0.4, -0.2) is 28.9 Å². The Balaban J connectivity index is 1.52. The molecular formula is C25H20N2O4S. The van der Waals surface area contributed by atoms with Crippen LogP contribution in [0.15, 0.2) is 84.9 Å². The van der Waals surface area contributed by atoms with E-state index in [1.165, 1.54) is 11.3 Å². The second kappa shape index (κ2) is 9.45. The first kappa shape index (κ1) is 21.3. The number of carbonyl (C=O) groups is 3. The monoisotopic (exact) mass is 444 g/mol. The zero-order valence-electron chi connectivity index (χ0n) is 16.9. The molecule has 0 fully saturated rings. The van der Waals surface area contributed by atoms with Crippen LogP contribution in [0.25, 0.3) is 10.1 Å². The summed E-state index contributed by atoms with van der Waals surface area (Å²) in [5, 5.41) is 15.9. The van der Waals surface area contributed by atoms with E-state index >= 15 is 0 Å². The number of hydrogen-bond acceptors (Lipinski definition) is 4. The summed E-state index contributed by atoms with van der Waals surface area (Å²) in [7, 11) is 0. The number of carbonyl (C=O) groups excluding carboxylic acids is 2. The van der Waals surface area contributed by atoms with Crippen LogP contribution in [0.3, 0.4) is 0 Å². The van der Waals surface area contributed by atoms with E-state index in [-0.39, 0.29) is 17.9 Å². The van der Waals surface area contributed by atoms with Gasteiger partial charge in [0.15, 0.2) is 0 Å². The summed E-state index contributed by atoms with van der Waals surface area (Å²) < 4.78 is 0.994. The Morgan fingerprint density at radius 2 is 1.53 bits per heavy atom. The molecule has 4 rings (SSSR count). The smallest absolute Gasteiger partial charge is 0.326 e. The Morgan fingerprint density at radius 1 is 0.844 bits per heavy atom. The van der Waals surface area contributed by atoms with Crippen LogP contribution in [-0.2, 0) is 11.2 Å². The van der Waals surface area contributed by atoms with Gasteiger partial charge in [0.1, 0.15) is 6.04 Å². The molecule has 3 N–H and O–H groups in total. The number of amides is 2. The van der Waals surface area contributed by atoms with Crippen molar-refractivity contribution in [1.29, 1.82) is 0 Å². The Morgan fingerprint density at radius 3 is 2.28 bits per heavy atom. The lowest BCUT2D eigenvalue weighted by molar-refractivity contribution is -0.139. The lowest BCUT2D eigenvalue weighted by Gasteiger charge is -2.16. The molecule has 1 atom stereocenters. The predicted octanol–water partition coefficient (Wildman–Crippen LogP) is 4.58. The van der Waals surface area contributed by atoms with Gasteiger partial charge in [-0.25, -0.2) is 4.79 Å². The molecule has 0 saturated carbocycles. The minimum atomic E-state index is -1.13. The molecule has 6 nitrogen and oxygen atoms in total. The largest absolute Gasteiger partial charge is 0.480 e. The molecule has 0 aliphatic carbocycles. The van der Waals surface area contributed by atoms with Gasteiger partial charge in [0, 0.05) is 11.1 Å². The number of aliphatic carboxylic acids is 1. The fourth-order valence-corrected chi connectivity index (χ4v) is 4.31. The molecule has 0 aliphatic heterocycles. The van der Waals surface area contributed by atoms with E-state index in [0.717, 1.165) is 15.6 Å². The van der Waals surface area contributed by atoms with Gasteiger partial charge >= 0.3 is 5.97 Å². The van der Waals surface area contributed by atoms with Gasteiger partial charge in [-0.15, -0.1) is 11.3 Å². The van der Waals surface area contributed by atoms with Crippen molar-refractivity contribution in [1.82, 2.24) is 5.32 Å². The summed E-state index contributed by atoms with van der Waals surface area (Å²) >= 11 is 1.36. The summed E-state index contributed by atoms with van der Waals surface area (Å²) in [5.74, 6) is -2.03. The van der Waals surface area contributed by atoms with Gasteiger partial charge in [-0.05, 0) is 35.2 Å². The van der Waals surface area contributed by atoms with Crippen molar-refractivity contribution >= 4 is 44.9 Å². The maximum atomic E-state index is 12.9. The van der Waals surface area contributed by atoms with Crippen LogP contribution in [0, 0.1) is 0 Å². The quantitative estimate of drug-likeness (QED) is 0.389. The lowest BCUT2D eigenvalue weighted by Crippen LogP contribution is -2.42. The van der Waals surface area contributed by atoms with Crippen molar-refractivity contribution in [2.45, 2.75) is 12.5 Å². The lowest BCUT2D eigenvalue weighted by atomic mass is 10.1. The third-order valence-electron chi connectivity index (χ3n) is 4.96. The molecule has 0 saturated heterocycles. The fraction of sp³-hybridized carbons (Fsp3) is 0.0800. The summed E-state index contributed by atoms with van der Waals surface area (Å²) in [6.45, 7) is 0. The number of anilines is 1. The molecule has 32 heavy (non-hydrogen) atoms. The zero-order valence-corrected chi connectivity index (χ0v) is 17.8. The molecule has 1 aromatic heterocycles. The number of carboxylic acids is 1. The predicted molar refractivity (Wildman–Crippen MR) is 125 cm³/mol. The minimum Gasteiger partial charge on any atom is -0.480 e. The van der Waals surface area contributed by atoms with Gasteiger partial charge in [0.25, 0.3) is 11.8 Å². The Hall–Kier alpha value is -3.97. The highest BCUT2D eigenvalue weighted by molar-refractivity contribution is 7.20. The van der Waals surface area contributed by atoms with Crippen molar-refractivity contribution in [3.63, 3.8) is 0 Å². The van der Waals surface area contributed by atoms with Crippen LogP contribution in [0.5, 0.6) is 0 Å². The highest BCUT2D eigenvalue weighted by Crippen LogP contribution is 2.26. The number of rotatable bonds is 7. The SMILES string of the molecule is O=C(Nc1ccccc1C(=O)NC(Cc1ccccc1)C(=O)O)c1cc2ccccc2s1. The first-order valence-electron chi connectivity index (χ1n) is 9.98. The average molecular weight is 445 g/mol. The third-order valence-corrected chi connectivity index (χ3v) is 6.07. The van der Waals surface area contributed by atoms with Crippen molar-refractivity contribution in [2.24, 2.45) is 0 Å². The number of thiophene rings is 1. The van der Waals surface area contributed by atoms with E-state index in [1.54, 1.807) is 42.5 Å². The Labute approximate surface area is 188 Å². The third kappa shape index (κ3) is 4.84. The minimum absolute atomic E-state index is 0.151. The number of benzene rings is 3. The molecule has 0 radical (unpaired) electrons. The molecule has 3 aromatic carbocycles. The number of fused-ring (bicyclic) bond motifs is 1. The van der Waals surface area contributed by atoms with Crippen molar-refractivity contribution < 1.29 is 19.5 Å². The Bertz CT molecular complexity index is 1250. The number of nitrogens with one attached hydrogen (secondary N) is 2. The molecule has 2 amide bonds. The highest BCUT2D eigenvalue weighted by Gasteiger charge is 2.23. The number of carboxylic acid groups (broad SMARTS) is 1. The molecule has 1 heterocycles. The first-order chi connectivity index (χ1) is 15.5. The number of hydrogen-bond donors (Lipinski definition) is 3. The van der Waals surface area contributed by atoms with Gasteiger partial charge < -0.3 is 15.7 Å². The van der Waals surface area contributed by atoms with E-state index in [0.29, 0.717) is 10.6 Å². The zero-order chi connectivity index (χ0) is 22.5. The van der Waals surface area contributed by atoms with Gasteiger partial charge in [0.05, 0.1) is 16.1 Å². The molecule has 0 bridgehead atoms. The van der Waals surface area contributed by atoms with E-state index < -0.39 is 17.9 Å². The van der Waals surface area contributed by atoms with Gasteiger partial charge in [-0.1, -0.05) is 60.7 Å². The normalized spacial score (nSPS) is 11.6. The highest BCUT2D eigenvalue weighted by atomic mass is 32.1. The van der Waals surface area contributed by atoms with E-state index in [9.17, 15) is 19.5 Å². The van der Waals surface area contributed by atoms with E-state index in [1.807, 2.05) is 42.5 Å². The van der Waals surface area contributed by atoms with Crippen LogP contribution < -0.4 is 10.6 Å². The standard InChI is InChI=1S/C25H20N2O4S/c28-23(27-20(25(30)31)14-16-8-2-1-3-9-16)18-11-5-6-12-19(18)26-24(29)22-15-17-10-4-7-13-21(17)32-22/h1-13,15,20H,14H2,(H,26,29)(H,27,28)(H,30,31). The van der Waals surface area contributed by atoms with Crippen molar-refractivity contribution in [3.8, 4) is 0 Å². The summed E-state index contributed by atoms with van der Waals surface area (Å²) in [5.41, 5.74) is 1.31. The second-order valence-electron chi connectivity index (χ2n) is 7.20. The summed E-state index contributed by atoms with van der Waals surface area (Å²) in [4.78, 5) is 38.0. The van der Waals surface area contributed by atoms with Crippen LogP contribution >= 0.6 is 11.3 Å². The van der Waals surface area contributed by atoms with Gasteiger partial charge in [0.2, 0.25) is 0 Å². The maximum Gasteiger partial charge on any atom is 0.326 e. The fourth-order valence-electron chi connectivity index (χ4n) is 3.35. The average Bonchev–Trinajstić information content (AvgIpc) is 3.24. The summed E-state index contributed by atoms with van der Waals surface area (Å²) in [6.07, 6.45) is 0.151. The van der Waals surface area contributed by atoms with E-state index in [4.69, 9.17) is 0 Å². The molecule has 1 unspecified atom stereocenters. The van der Waals surface area contributed by atoms with Crippen LogP contribution in [0.4, 0.5) is 5.69 Å². The molecule has 0 spiro atoms. The second-order valence-corrected chi connectivity index (χ2v) is 8.29. The topological polar surface area (TPSA) is 95.5 Å².